The van der Waals surface area contributed by atoms with Crippen LogP contribution in [0.5, 0.6) is 0 Å². The Morgan fingerprint density at radius 3 is 2.52 bits per heavy atom. The molecule has 21 heavy (non-hydrogen) atoms. The molecule has 1 N–H and O–H groups in total. The van der Waals surface area contributed by atoms with Gasteiger partial charge in [0.1, 0.15) is 11.4 Å². The third kappa shape index (κ3) is 7.09. The molecule has 0 saturated heterocycles. The quantitative estimate of drug-likeness (QED) is 0.849. The molecule has 6 heteroatoms. The zero-order valence-electron chi connectivity index (χ0n) is 12.3. The first-order valence-electron chi connectivity index (χ1n) is 6.60. The molecular formula is C15H19ClFNO3. The van der Waals surface area contributed by atoms with Crippen LogP contribution in [0.15, 0.2) is 18.2 Å². The molecule has 0 heterocycles. The highest BCUT2D eigenvalue weighted by atomic mass is 35.5. The van der Waals surface area contributed by atoms with Crippen LogP contribution in [0, 0.1) is 5.82 Å². The first kappa shape index (κ1) is 17.4. The Morgan fingerprint density at radius 2 is 1.95 bits per heavy atom. The number of hydrogen-bond acceptors (Lipinski definition) is 3. The summed E-state index contributed by atoms with van der Waals surface area (Å²) in [6.45, 7) is 5.53. The molecule has 0 radical (unpaired) electrons. The van der Waals surface area contributed by atoms with Crippen LogP contribution in [0.2, 0.25) is 5.02 Å². The molecule has 1 aromatic carbocycles. The molecular weight excluding hydrogens is 297 g/mol. The minimum absolute atomic E-state index is 0.00973. The van der Waals surface area contributed by atoms with E-state index in [-0.39, 0.29) is 30.3 Å². The summed E-state index contributed by atoms with van der Waals surface area (Å²) in [7, 11) is 0. The Bertz CT molecular complexity index is 526. The topological polar surface area (TPSA) is 55.4 Å². The zero-order valence-corrected chi connectivity index (χ0v) is 13.1. The van der Waals surface area contributed by atoms with Gasteiger partial charge < -0.3 is 10.1 Å². The van der Waals surface area contributed by atoms with Crippen molar-refractivity contribution in [2.24, 2.45) is 0 Å². The van der Waals surface area contributed by atoms with Gasteiger partial charge >= 0.3 is 5.97 Å². The molecule has 0 atom stereocenters. The molecule has 0 fully saturated rings. The maximum Gasteiger partial charge on any atom is 0.306 e. The summed E-state index contributed by atoms with van der Waals surface area (Å²) in [4.78, 5) is 23.1. The number of esters is 1. The van der Waals surface area contributed by atoms with E-state index in [9.17, 15) is 14.0 Å². The minimum atomic E-state index is -0.557. The minimum Gasteiger partial charge on any atom is -0.460 e. The molecule has 1 amide bonds. The normalized spacial score (nSPS) is 11.1. The Hall–Kier alpha value is -1.62. The van der Waals surface area contributed by atoms with E-state index in [4.69, 9.17) is 16.3 Å². The number of halogens is 2. The lowest BCUT2D eigenvalue weighted by molar-refractivity contribution is -0.155. The van der Waals surface area contributed by atoms with Crippen LogP contribution in [0.4, 0.5) is 4.39 Å². The number of carbonyl (C=O) groups excluding carboxylic acids is 2. The first-order valence-corrected chi connectivity index (χ1v) is 6.97. The maximum atomic E-state index is 13.0. The van der Waals surface area contributed by atoms with Crippen LogP contribution in [0.25, 0.3) is 0 Å². The summed E-state index contributed by atoms with van der Waals surface area (Å²) in [5, 5.41) is 2.65. The second-order valence-corrected chi connectivity index (χ2v) is 6.02. The van der Waals surface area contributed by atoms with E-state index >= 15 is 0 Å². The van der Waals surface area contributed by atoms with Crippen molar-refractivity contribution in [1.29, 1.82) is 0 Å². The SMILES string of the molecule is CC(C)(C)OC(=O)CCC(=O)NCc1ccc(F)c(Cl)c1. The Labute approximate surface area is 128 Å². The van der Waals surface area contributed by atoms with E-state index in [1.54, 1.807) is 20.8 Å². The van der Waals surface area contributed by atoms with Crippen molar-refractivity contribution in [3.63, 3.8) is 0 Å². The van der Waals surface area contributed by atoms with Crippen LogP contribution in [0.1, 0.15) is 39.2 Å². The lowest BCUT2D eigenvalue weighted by Crippen LogP contribution is -2.27. The number of amides is 1. The Balaban J connectivity index is 2.34. The average Bonchev–Trinajstić information content (AvgIpc) is 2.36. The Morgan fingerprint density at radius 1 is 1.29 bits per heavy atom. The van der Waals surface area contributed by atoms with Gasteiger partial charge in [-0.2, -0.15) is 0 Å². The van der Waals surface area contributed by atoms with Gasteiger partial charge in [-0.25, -0.2) is 4.39 Å². The van der Waals surface area contributed by atoms with Crippen molar-refractivity contribution < 1.29 is 18.7 Å². The molecule has 1 rings (SSSR count). The molecule has 0 spiro atoms. The Kier molecular flexibility index (Phi) is 6.15. The summed E-state index contributed by atoms with van der Waals surface area (Å²) in [6, 6.07) is 4.23. The molecule has 0 aliphatic carbocycles. The van der Waals surface area contributed by atoms with E-state index in [0.717, 1.165) is 0 Å². The van der Waals surface area contributed by atoms with Gasteiger partial charge in [0.05, 0.1) is 11.4 Å². The largest absolute Gasteiger partial charge is 0.460 e. The number of carbonyl (C=O) groups is 2. The lowest BCUT2D eigenvalue weighted by Gasteiger charge is -2.19. The molecule has 0 bridgehead atoms. The summed E-state index contributed by atoms with van der Waals surface area (Å²) in [5.74, 6) is -1.19. The van der Waals surface area contributed by atoms with Crippen molar-refractivity contribution in [2.45, 2.75) is 45.8 Å². The summed E-state index contributed by atoms with van der Waals surface area (Å²) >= 11 is 5.64. The van der Waals surface area contributed by atoms with Crippen molar-refractivity contribution >= 4 is 23.5 Å². The van der Waals surface area contributed by atoms with Gasteiger partial charge in [-0.3, -0.25) is 9.59 Å². The average molecular weight is 316 g/mol. The van der Waals surface area contributed by atoms with Crippen molar-refractivity contribution in [2.75, 3.05) is 0 Å². The van der Waals surface area contributed by atoms with E-state index in [2.05, 4.69) is 5.32 Å². The van der Waals surface area contributed by atoms with Gasteiger partial charge in [-0.15, -0.1) is 0 Å². The van der Waals surface area contributed by atoms with Crippen LogP contribution >= 0.6 is 11.6 Å². The van der Waals surface area contributed by atoms with Gasteiger partial charge in [0.2, 0.25) is 5.91 Å². The number of nitrogens with one attached hydrogen (secondary N) is 1. The smallest absolute Gasteiger partial charge is 0.306 e. The van der Waals surface area contributed by atoms with Gasteiger partial charge in [0, 0.05) is 13.0 Å². The second kappa shape index (κ2) is 7.41. The van der Waals surface area contributed by atoms with Crippen LogP contribution in [-0.4, -0.2) is 17.5 Å². The molecule has 0 saturated carbocycles. The molecule has 1 aromatic rings. The lowest BCUT2D eigenvalue weighted by atomic mass is 10.2. The molecule has 4 nitrogen and oxygen atoms in total. The summed E-state index contributed by atoms with van der Waals surface area (Å²) in [6.07, 6.45) is 0.0666. The number of benzene rings is 1. The molecule has 0 aliphatic heterocycles. The fourth-order valence-electron chi connectivity index (χ4n) is 1.55. The maximum absolute atomic E-state index is 13.0. The molecule has 116 valence electrons. The van der Waals surface area contributed by atoms with E-state index < -0.39 is 17.4 Å². The summed E-state index contributed by atoms with van der Waals surface area (Å²) in [5.41, 5.74) is 0.130. The van der Waals surface area contributed by atoms with Gasteiger partial charge in [0.25, 0.3) is 0 Å². The standard InChI is InChI=1S/C15H19ClFNO3/c1-15(2,3)21-14(20)7-6-13(19)18-9-10-4-5-12(17)11(16)8-10/h4-5,8H,6-7,9H2,1-3H3,(H,18,19). The molecule has 0 unspecified atom stereocenters. The van der Waals surface area contributed by atoms with Crippen molar-refractivity contribution in [3.8, 4) is 0 Å². The van der Waals surface area contributed by atoms with Crippen LogP contribution < -0.4 is 5.32 Å². The molecule has 0 aliphatic rings. The number of rotatable bonds is 5. The van der Waals surface area contributed by atoms with Crippen LogP contribution in [-0.2, 0) is 20.9 Å². The number of ether oxygens (including phenoxy) is 1. The first-order chi connectivity index (χ1) is 9.67. The van der Waals surface area contributed by atoms with Crippen LogP contribution in [0.3, 0.4) is 0 Å². The number of hydrogen-bond donors (Lipinski definition) is 1. The second-order valence-electron chi connectivity index (χ2n) is 5.61. The predicted molar refractivity (Wildman–Crippen MR) is 78.3 cm³/mol. The predicted octanol–water partition coefficient (Wildman–Crippen LogP) is 3.22. The zero-order chi connectivity index (χ0) is 16.0. The highest BCUT2D eigenvalue weighted by Gasteiger charge is 2.17. The van der Waals surface area contributed by atoms with Crippen molar-refractivity contribution in [3.05, 3.63) is 34.6 Å². The highest BCUT2D eigenvalue weighted by molar-refractivity contribution is 6.30. The van der Waals surface area contributed by atoms with Gasteiger partial charge in [-0.05, 0) is 38.5 Å². The molecule has 0 aromatic heterocycles. The highest BCUT2D eigenvalue weighted by Crippen LogP contribution is 2.15. The van der Waals surface area contributed by atoms with Gasteiger partial charge in [0.15, 0.2) is 0 Å². The third-order valence-electron chi connectivity index (χ3n) is 2.45. The summed E-state index contributed by atoms with van der Waals surface area (Å²) < 4.78 is 18.1. The van der Waals surface area contributed by atoms with E-state index in [1.807, 2.05) is 0 Å². The van der Waals surface area contributed by atoms with E-state index in [1.165, 1.54) is 18.2 Å². The fourth-order valence-corrected chi connectivity index (χ4v) is 1.75. The third-order valence-corrected chi connectivity index (χ3v) is 2.74. The van der Waals surface area contributed by atoms with E-state index in [0.29, 0.717) is 5.56 Å². The van der Waals surface area contributed by atoms with Crippen molar-refractivity contribution in [1.82, 2.24) is 5.32 Å². The van der Waals surface area contributed by atoms with Gasteiger partial charge in [-0.1, -0.05) is 17.7 Å². The fraction of sp³-hybridized carbons (Fsp3) is 0.467. The monoisotopic (exact) mass is 315 g/mol.